The minimum atomic E-state index is -0.845. The summed E-state index contributed by atoms with van der Waals surface area (Å²) < 4.78 is 0. The van der Waals surface area contributed by atoms with Crippen molar-refractivity contribution in [2.45, 2.75) is 97.8 Å². The Morgan fingerprint density at radius 1 is 0.957 bits per heavy atom. The van der Waals surface area contributed by atoms with Crippen LogP contribution in [-0.4, -0.2) is 11.1 Å². The molecule has 0 aliphatic carbocycles. The number of carbonyl (C=O) groups is 1. The molecule has 0 saturated heterocycles. The molecule has 136 valence electrons. The van der Waals surface area contributed by atoms with Gasteiger partial charge in [-0.15, -0.1) is 6.58 Å². The maximum absolute atomic E-state index is 10.1. The van der Waals surface area contributed by atoms with Gasteiger partial charge in [-0.1, -0.05) is 84.3 Å². The summed E-state index contributed by atoms with van der Waals surface area (Å²) in [6.45, 7) is 10.4. The van der Waals surface area contributed by atoms with Crippen molar-refractivity contribution in [2.75, 3.05) is 0 Å². The van der Waals surface area contributed by atoms with Crippen molar-refractivity contribution in [3.05, 3.63) is 24.8 Å². The first-order chi connectivity index (χ1) is 11.0. The van der Waals surface area contributed by atoms with Crippen molar-refractivity contribution in [1.29, 1.82) is 0 Å². The third kappa shape index (κ3) is 29.6. The summed E-state index contributed by atoms with van der Waals surface area (Å²) in [5.74, 6) is -0.0586. The molecule has 0 rings (SSSR count). The highest BCUT2D eigenvalue weighted by atomic mass is 16.4. The van der Waals surface area contributed by atoms with Gasteiger partial charge in [0.2, 0.25) is 0 Å². The van der Waals surface area contributed by atoms with Crippen molar-refractivity contribution in [3.63, 3.8) is 0 Å². The van der Waals surface area contributed by atoms with Crippen LogP contribution < -0.4 is 0 Å². The van der Waals surface area contributed by atoms with Gasteiger partial charge in [0.25, 0.3) is 0 Å². The van der Waals surface area contributed by atoms with Gasteiger partial charge in [-0.05, 0) is 31.6 Å². The Hall–Kier alpha value is -1.05. The molecule has 0 spiro atoms. The van der Waals surface area contributed by atoms with Crippen LogP contribution in [0.3, 0.4) is 0 Å². The van der Waals surface area contributed by atoms with E-state index in [1.807, 2.05) is 6.08 Å². The maximum Gasteiger partial charge on any atom is 0.327 e. The van der Waals surface area contributed by atoms with E-state index in [0.29, 0.717) is 0 Å². The second kappa shape index (κ2) is 20.9. The molecule has 0 amide bonds. The van der Waals surface area contributed by atoms with Gasteiger partial charge < -0.3 is 5.11 Å². The Kier molecular flexibility index (Phi) is 22.0. The number of rotatable bonds is 14. The molecule has 1 N–H and O–H groups in total. The van der Waals surface area contributed by atoms with Gasteiger partial charge in [0.1, 0.15) is 0 Å². The Morgan fingerprint density at radius 2 is 1.52 bits per heavy atom. The predicted octanol–water partition coefficient (Wildman–Crippen LogP) is 7.16. The Bertz CT molecular complexity index is 280. The lowest BCUT2D eigenvalue weighted by Gasteiger charge is -2.02. The number of hydrogen-bond donors (Lipinski definition) is 1. The first kappa shape index (κ1) is 24.2. The van der Waals surface area contributed by atoms with Gasteiger partial charge in [0.15, 0.2) is 0 Å². The smallest absolute Gasteiger partial charge is 0.327 e. The van der Waals surface area contributed by atoms with Crippen LogP contribution in [0.25, 0.3) is 0 Å². The molecule has 0 aliphatic heterocycles. The first-order valence-electron chi connectivity index (χ1n) is 9.54. The van der Waals surface area contributed by atoms with Gasteiger partial charge in [-0.3, -0.25) is 0 Å². The van der Waals surface area contributed by atoms with Crippen molar-refractivity contribution in [1.82, 2.24) is 0 Å². The van der Waals surface area contributed by atoms with Gasteiger partial charge in [-0.25, -0.2) is 4.79 Å². The number of carboxylic acids is 1. The number of carboxylic acid groups (broad SMARTS) is 1. The van der Waals surface area contributed by atoms with Gasteiger partial charge in [0, 0.05) is 6.08 Å². The van der Waals surface area contributed by atoms with E-state index in [-0.39, 0.29) is 0 Å². The summed E-state index contributed by atoms with van der Waals surface area (Å²) in [6, 6.07) is 0. The lowest BCUT2D eigenvalue weighted by Crippen LogP contribution is -1.87. The average Bonchev–Trinajstić information content (AvgIpc) is 2.50. The zero-order chi connectivity index (χ0) is 17.8. The molecule has 2 nitrogen and oxygen atoms in total. The van der Waals surface area contributed by atoms with Crippen LogP contribution in [0, 0.1) is 5.92 Å². The summed E-state index contributed by atoms with van der Waals surface area (Å²) in [7, 11) is 0. The van der Waals surface area contributed by atoms with E-state index >= 15 is 0 Å². The molecule has 0 unspecified atom stereocenters. The van der Waals surface area contributed by atoms with Crippen LogP contribution in [0.5, 0.6) is 0 Å². The Morgan fingerprint density at radius 3 is 2.09 bits per heavy atom. The lowest BCUT2D eigenvalue weighted by atomic mass is 10.0. The standard InChI is InChI=1S/C11H20O2.C10H20/c1-10(2)8-6-4-3-5-7-9-11(12)13;1-3-5-7-9-10-8-6-4-2/h7,9-10H,3-6,8H2,1-2H3,(H,12,13);3H,1,4-10H2,2H3/b9-7+;. The quantitative estimate of drug-likeness (QED) is 0.209. The van der Waals surface area contributed by atoms with Gasteiger partial charge >= 0.3 is 5.97 Å². The molecule has 0 heterocycles. The zero-order valence-corrected chi connectivity index (χ0v) is 15.9. The van der Waals surface area contributed by atoms with E-state index < -0.39 is 5.97 Å². The summed E-state index contributed by atoms with van der Waals surface area (Å²) >= 11 is 0. The molecule has 0 bridgehead atoms. The van der Waals surface area contributed by atoms with E-state index in [1.54, 1.807) is 6.08 Å². The van der Waals surface area contributed by atoms with Crippen LogP contribution in [0.2, 0.25) is 0 Å². The largest absolute Gasteiger partial charge is 0.478 e. The number of unbranched alkanes of at least 4 members (excludes halogenated alkanes) is 9. The molecule has 0 saturated carbocycles. The van der Waals surface area contributed by atoms with E-state index in [9.17, 15) is 4.79 Å². The molecular weight excluding hydrogens is 284 g/mol. The molecule has 0 aliphatic rings. The second-order valence-corrected chi connectivity index (χ2v) is 6.62. The van der Waals surface area contributed by atoms with Crippen molar-refractivity contribution in [3.8, 4) is 0 Å². The van der Waals surface area contributed by atoms with Crippen LogP contribution in [0.15, 0.2) is 24.8 Å². The summed E-state index contributed by atoms with van der Waals surface area (Å²) in [6.07, 6.45) is 20.3. The molecule has 0 aromatic rings. The monoisotopic (exact) mass is 324 g/mol. The average molecular weight is 325 g/mol. The highest BCUT2D eigenvalue weighted by Crippen LogP contribution is 2.09. The maximum atomic E-state index is 10.1. The SMILES string of the molecule is C=CCCCCCCCC.CC(C)CCCCC/C=C/C(=O)O. The number of aliphatic carboxylic acids is 1. The topological polar surface area (TPSA) is 37.3 Å². The fraction of sp³-hybridized carbons (Fsp3) is 0.762. The van der Waals surface area contributed by atoms with Gasteiger partial charge in [-0.2, -0.15) is 0 Å². The zero-order valence-electron chi connectivity index (χ0n) is 15.9. The van der Waals surface area contributed by atoms with Crippen LogP contribution in [0.1, 0.15) is 97.8 Å². The minimum Gasteiger partial charge on any atom is -0.478 e. The van der Waals surface area contributed by atoms with E-state index in [4.69, 9.17) is 5.11 Å². The highest BCUT2D eigenvalue weighted by Gasteiger charge is 1.93. The fourth-order valence-corrected chi connectivity index (χ4v) is 2.24. The summed E-state index contributed by atoms with van der Waals surface area (Å²) in [5, 5.41) is 8.30. The third-order valence-corrected chi connectivity index (χ3v) is 3.67. The van der Waals surface area contributed by atoms with Crippen LogP contribution >= 0.6 is 0 Å². The van der Waals surface area contributed by atoms with E-state index in [0.717, 1.165) is 18.8 Å². The van der Waals surface area contributed by atoms with Crippen LogP contribution in [0.4, 0.5) is 0 Å². The fourth-order valence-electron chi connectivity index (χ4n) is 2.24. The van der Waals surface area contributed by atoms with Crippen LogP contribution in [-0.2, 0) is 4.79 Å². The molecule has 0 aromatic carbocycles. The first-order valence-corrected chi connectivity index (χ1v) is 9.54. The molecular formula is C21H40O2. The predicted molar refractivity (Wildman–Crippen MR) is 103 cm³/mol. The summed E-state index contributed by atoms with van der Waals surface area (Å²) in [4.78, 5) is 10.1. The molecule has 2 heteroatoms. The second-order valence-electron chi connectivity index (χ2n) is 6.62. The number of hydrogen-bond acceptors (Lipinski definition) is 1. The summed E-state index contributed by atoms with van der Waals surface area (Å²) in [5.41, 5.74) is 0. The molecule has 0 fully saturated rings. The normalized spacial score (nSPS) is 10.6. The molecule has 23 heavy (non-hydrogen) atoms. The number of allylic oxidation sites excluding steroid dienone is 2. The molecule has 0 radical (unpaired) electrons. The van der Waals surface area contributed by atoms with Gasteiger partial charge in [0.05, 0.1) is 0 Å². The van der Waals surface area contributed by atoms with E-state index in [1.165, 1.54) is 70.3 Å². The third-order valence-electron chi connectivity index (χ3n) is 3.67. The van der Waals surface area contributed by atoms with Crippen molar-refractivity contribution in [2.24, 2.45) is 5.92 Å². The highest BCUT2D eigenvalue weighted by molar-refractivity contribution is 5.79. The Balaban J connectivity index is 0. The minimum absolute atomic E-state index is 0.787. The van der Waals surface area contributed by atoms with Crippen molar-refractivity contribution < 1.29 is 9.90 Å². The lowest BCUT2D eigenvalue weighted by molar-refractivity contribution is -0.131. The van der Waals surface area contributed by atoms with Crippen molar-refractivity contribution >= 4 is 5.97 Å². The Labute approximate surface area is 145 Å². The molecule has 0 aromatic heterocycles. The molecule has 0 atom stereocenters. The van der Waals surface area contributed by atoms with E-state index in [2.05, 4.69) is 27.4 Å².